The first-order valence-corrected chi connectivity index (χ1v) is 6.74. The molecule has 0 atom stereocenters. The highest BCUT2D eigenvalue weighted by molar-refractivity contribution is 9.10. The Morgan fingerprint density at radius 3 is 1.83 bits per heavy atom. The van der Waals surface area contributed by atoms with Gasteiger partial charge in [-0.1, -0.05) is 57.9 Å². The van der Waals surface area contributed by atoms with Gasteiger partial charge in [0.1, 0.15) is 5.78 Å². The maximum absolute atomic E-state index is 11.9. The first-order valence-electron chi connectivity index (χ1n) is 5.95. The van der Waals surface area contributed by atoms with Gasteiger partial charge in [-0.25, -0.2) is 0 Å². The molecule has 0 spiro atoms. The molecular weight excluding hydrogens is 288 g/mol. The number of carbonyl (C=O) groups is 1. The Morgan fingerprint density at radius 2 is 1.33 bits per heavy atom. The normalized spacial score (nSPS) is 10.3. The van der Waals surface area contributed by atoms with E-state index in [-0.39, 0.29) is 5.78 Å². The maximum atomic E-state index is 11.9. The van der Waals surface area contributed by atoms with E-state index in [1.807, 2.05) is 55.5 Å². The van der Waals surface area contributed by atoms with Crippen molar-refractivity contribution >= 4 is 21.7 Å². The summed E-state index contributed by atoms with van der Waals surface area (Å²) in [4.78, 5) is 11.9. The highest BCUT2D eigenvalue weighted by atomic mass is 79.9. The summed E-state index contributed by atoms with van der Waals surface area (Å²) in [6.45, 7) is 2.05. The van der Waals surface area contributed by atoms with Gasteiger partial charge in [-0.15, -0.1) is 0 Å². The van der Waals surface area contributed by atoms with Gasteiger partial charge in [-0.3, -0.25) is 4.79 Å². The first kappa shape index (κ1) is 13.0. The van der Waals surface area contributed by atoms with Crippen molar-refractivity contribution in [2.45, 2.75) is 19.8 Å². The Hall–Kier alpha value is -1.41. The lowest BCUT2D eigenvalue weighted by Crippen LogP contribution is -2.06. The third-order valence-electron chi connectivity index (χ3n) is 2.84. The molecule has 0 heterocycles. The highest BCUT2D eigenvalue weighted by Gasteiger charge is 2.05. The summed E-state index contributed by atoms with van der Waals surface area (Å²) in [6, 6.07) is 16.0. The van der Waals surface area contributed by atoms with E-state index < -0.39 is 0 Å². The van der Waals surface area contributed by atoms with Crippen molar-refractivity contribution in [3.63, 3.8) is 0 Å². The van der Waals surface area contributed by atoms with Crippen LogP contribution in [0.2, 0.25) is 0 Å². The fourth-order valence-corrected chi connectivity index (χ4v) is 2.09. The number of carbonyl (C=O) groups excluding carboxylic acids is 1. The molecule has 0 aliphatic heterocycles. The molecule has 0 saturated heterocycles. The molecular formula is C16H15BrO. The SMILES string of the molecule is Cc1ccc(CC(=O)Cc2ccc(Br)cc2)cc1. The summed E-state index contributed by atoms with van der Waals surface area (Å²) >= 11 is 3.39. The summed E-state index contributed by atoms with van der Waals surface area (Å²) in [7, 11) is 0. The van der Waals surface area contributed by atoms with Gasteiger partial charge in [-0.2, -0.15) is 0 Å². The number of ketones is 1. The highest BCUT2D eigenvalue weighted by Crippen LogP contribution is 2.12. The van der Waals surface area contributed by atoms with Crippen LogP contribution in [0.3, 0.4) is 0 Å². The van der Waals surface area contributed by atoms with Gasteiger partial charge in [0.2, 0.25) is 0 Å². The molecule has 0 radical (unpaired) electrons. The van der Waals surface area contributed by atoms with Crippen LogP contribution >= 0.6 is 15.9 Å². The van der Waals surface area contributed by atoms with E-state index in [0.717, 1.165) is 15.6 Å². The minimum Gasteiger partial charge on any atom is -0.299 e. The summed E-state index contributed by atoms with van der Waals surface area (Å²) in [6.07, 6.45) is 1.01. The van der Waals surface area contributed by atoms with Gasteiger partial charge in [0.05, 0.1) is 0 Å². The van der Waals surface area contributed by atoms with E-state index in [0.29, 0.717) is 12.8 Å². The quantitative estimate of drug-likeness (QED) is 0.830. The monoisotopic (exact) mass is 302 g/mol. The standard InChI is InChI=1S/C16H15BrO/c1-12-2-4-13(5-3-12)10-16(18)11-14-6-8-15(17)9-7-14/h2-9H,10-11H2,1H3. The van der Waals surface area contributed by atoms with E-state index in [1.54, 1.807) is 0 Å². The van der Waals surface area contributed by atoms with Crippen LogP contribution < -0.4 is 0 Å². The number of hydrogen-bond acceptors (Lipinski definition) is 1. The van der Waals surface area contributed by atoms with Crippen LogP contribution in [0.5, 0.6) is 0 Å². The fourth-order valence-electron chi connectivity index (χ4n) is 1.83. The van der Waals surface area contributed by atoms with E-state index in [9.17, 15) is 4.79 Å². The number of Topliss-reactive ketones (excluding diaryl/α,β-unsaturated/α-hetero) is 1. The van der Waals surface area contributed by atoms with Crippen molar-refractivity contribution < 1.29 is 4.79 Å². The predicted octanol–water partition coefficient (Wildman–Crippen LogP) is 4.11. The van der Waals surface area contributed by atoms with Crippen LogP contribution in [0.1, 0.15) is 16.7 Å². The molecule has 0 fully saturated rings. The molecule has 0 aromatic heterocycles. The fraction of sp³-hybridized carbons (Fsp3) is 0.188. The van der Waals surface area contributed by atoms with Crippen LogP contribution in [0, 0.1) is 6.92 Å². The van der Waals surface area contributed by atoms with E-state index >= 15 is 0 Å². The third-order valence-corrected chi connectivity index (χ3v) is 3.37. The smallest absolute Gasteiger partial charge is 0.141 e. The lowest BCUT2D eigenvalue weighted by atomic mass is 10.0. The molecule has 2 heteroatoms. The van der Waals surface area contributed by atoms with Crippen molar-refractivity contribution in [1.82, 2.24) is 0 Å². The van der Waals surface area contributed by atoms with Gasteiger partial charge in [0.25, 0.3) is 0 Å². The van der Waals surface area contributed by atoms with Gasteiger partial charge in [0.15, 0.2) is 0 Å². The van der Waals surface area contributed by atoms with Gasteiger partial charge >= 0.3 is 0 Å². The summed E-state index contributed by atoms with van der Waals surface area (Å²) in [5, 5.41) is 0. The largest absolute Gasteiger partial charge is 0.299 e. The van der Waals surface area contributed by atoms with Crippen molar-refractivity contribution in [2.24, 2.45) is 0 Å². The minimum atomic E-state index is 0.251. The number of halogens is 1. The topological polar surface area (TPSA) is 17.1 Å². The van der Waals surface area contributed by atoms with Gasteiger partial charge in [-0.05, 0) is 30.2 Å². The van der Waals surface area contributed by atoms with Crippen LogP contribution in [-0.4, -0.2) is 5.78 Å². The van der Waals surface area contributed by atoms with E-state index in [1.165, 1.54) is 5.56 Å². The summed E-state index contributed by atoms with van der Waals surface area (Å²) in [5.41, 5.74) is 3.37. The molecule has 0 saturated carbocycles. The minimum absolute atomic E-state index is 0.251. The third kappa shape index (κ3) is 3.81. The lowest BCUT2D eigenvalue weighted by Gasteiger charge is -2.03. The van der Waals surface area contributed by atoms with Crippen molar-refractivity contribution in [3.8, 4) is 0 Å². The van der Waals surface area contributed by atoms with Gasteiger partial charge in [0, 0.05) is 17.3 Å². The molecule has 1 nitrogen and oxygen atoms in total. The molecule has 18 heavy (non-hydrogen) atoms. The van der Waals surface area contributed by atoms with Gasteiger partial charge < -0.3 is 0 Å². The van der Waals surface area contributed by atoms with Crippen molar-refractivity contribution in [2.75, 3.05) is 0 Å². The predicted molar refractivity (Wildman–Crippen MR) is 77.7 cm³/mol. The molecule has 0 aliphatic rings. The average molecular weight is 303 g/mol. The van der Waals surface area contributed by atoms with Crippen LogP contribution in [-0.2, 0) is 17.6 Å². The van der Waals surface area contributed by atoms with Crippen molar-refractivity contribution in [3.05, 3.63) is 69.7 Å². The van der Waals surface area contributed by atoms with E-state index in [2.05, 4.69) is 15.9 Å². The Morgan fingerprint density at radius 1 is 0.889 bits per heavy atom. The maximum Gasteiger partial charge on any atom is 0.141 e. The molecule has 2 rings (SSSR count). The van der Waals surface area contributed by atoms with Crippen LogP contribution in [0.15, 0.2) is 53.0 Å². The summed E-state index contributed by atoms with van der Waals surface area (Å²) in [5.74, 6) is 0.251. The molecule has 0 amide bonds. The first-order chi connectivity index (χ1) is 8.63. The Balaban J connectivity index is 1.96. The molecule has 92 valence electrons. The molecule has 2 aromatic rings. The summed E-state index contributed by atoms with van der Waals surface area (Å²) < 4.78 is 1.04. The van der Waals surface area contributed by atoms with Crippen LogP contribution in [0.25, 0.3) is 0 Å². The number of aryl methyl sites for hydroxylation is 1. The second kappa shape index (κ2) is 5.96. The average Bonchev–Trinajstić information content (AvgIpc) is 2.35. The Bertz CT molecular complexity index is 477. The molecule has 0 unspecified atom stereocenters. The zero-order chi connectivity index (χ0) is 13.0. The number of rotatable bonds is 4. The second-order valence-corrected chi connectivity index (χ2v) is 5.42. The molecule has 0 bridgehead atoms. The zero-order valence-corrected chi connectivity index (χ0v) is 11.9. The molecule has 0 aliphatic carbocycles. The second-order valence-electron chi connectivity index (χ2n) is 4.50. The van der Waals surface area contributed by atoms with Crippen molar-refractivity contribution in [1.29, 1.82) is 0 Å². The van der Waals surface area contributed by atoms with Crippen LogP contribution in [0.4, 0.5) is 0 Å². The van der Waals surface area contributed by atoms with E-state index in [4.69, 9.17) is 0 Å². The molecule has 0 N–H and O–H groups in total. The lowest BCUT2D eigenvalue weighted by molar-refractivity contribution is -0.117. The Kier molecular flexibility index (Phi) is 4.32. The molecule has 2 aromatic carbocycles. The number of benzene rings is 2. The number of hydrogen-bond donors (Lipinski definition) is 0. The Labute approximate surface area is 116 Å². The zero-order valence-electron chi connectivity index (χ0n) is 10.3.